The third-order valence-corrected chi connectivity index (χ3v) is 4.58. The van der Waals surface area contributed by atoms with Crippen LogP contribution in [0.3, 0.4) is 0 Å². The van der Waals surface area contributed by atoms with E-state index in [1.54, 1.807) is 12.9 Å². The van der Waals surface area contributed by atoms with Crippen LogP contribution in [-0.4, -0.2) is 56.2 Å². The van der Waals surface area contributed by atoms with Gasteiger partial charge in [-0.15, -0.1) is 33.6 Å². The molecule has 3 heterocycles. The van der Waals surface area contributed by atoms with E-state index in [0.717, 1.165) is 5.57 Å². The SMILES string of the molecule is Bn1nnc([C@H]2C(CCl)=CS[C@@H]3[C@H](N)C(=O)N23)n1. The summed E-state index contributed by atoms with van der Waals surface area (Å²) in [6.07, 6.45) is 0. The van der Waals surface area contributed by atoms with Gasteiger partial charge in [-0.1, -0.05) is 5.21 Å². The summed E-state index contributed by atoms with van der Waals surface area (Å²) in [5.41, 5.74) is 6.67. The highest BCUT2D eigenvalue weighted by Gasteiger charge is 2.52. The highest BCUT2D eigenvalue weighted by molar-refractivity contribution is 8.02. The Morgan fingerprint density at radius 2 is 2.39 bits per heavy atom. The molecule has 10 heteroatoms. The molecule has 0 radical (unpaired) electrons. The lowest BCUT2D eigenvalue weighted by atomic mass is 9.99. The molecule has 1 aromatic heterocycles. The van der Waals surface area contributed by atoms with Crippen molar-refractivity contribution >= 4 is 37.3 Å². The number of amides is 1. The van der Waals surface area contributed by atoms with Crippen LogP contribution in [0, 0.1) is 0 Å². The Balaban J connectivity index is 2.00. The van der Waals surface area contributed by atoms with E-state index in [2.05, 4.69) is 15.4 Å². The highest BCUT2D eigenvalue weighted by atomic mass is 35.5. The van der Waals surface area contributed by atoms with E-state index in [1.807, 2.05) is 5.41 Å². The third-order valence-electron chi connectivity index (χ3n) is 3.03. The number of rotatable bonds is 2. The van der Waals surface area contributed by atoms with Gasteiger partial charge in [-0.2, -0.15) is 0 Å². The Bertz CT molecular complexity index is 535. The van der Waals surface area contributed by atoms with Crippen molar-refractivity contribution in [3.8, 4) is 0 Å². The van der Waals surface area contributed by atoms with E-state index in [4.69, 9.17) is 17.3 Å². The maximum Gasteiger partial charge on any atom is 0.278 e. The lowest BCUT2D eigenvalue weighted by molar-refractivity contribution is -0.147. The number of aromatic nitrogens is 4. The molecule has 3 rings (SSSR count). The van der Waals surface area contributed by atoms with Crippen LogP contribution in [-0.2, 0) is 4.79 Å². The van der Waals surface area contributed by atoms with Gasteiger partial charge in [0.1, 0.15) is 17.5 Å². The molecular weight excluding hydrogens is 274 g/mol. The van der Waals surface area contributed by atoms with Crippen LogP contribution < -0.4 is 5.73 Å². The largest absolute Gasteiger partial charge is 0.317 e. The van der Waals surface area contributed by atoms with Gasteiger partial charge in [-0.3, -0.25) is 4.79 Å². The van der Waals surface area contributed by atoms with Gasteiger partial charge in [0.05, 0.1) is 0 Å². The standard InChI is InChI=1S/C8H10BClN6OS/c9-16-13-6(12-14-16)5-3(1-10)2-18-8-4(11)7(17)15(5)8/h2,4-5,8H,1,9,11H2/t4-,5-,8-/m1/s1. The first kappa shape index (κ1) is 12.0. The molecule has 3 atom stereocenters. The Morgan fingerprint density at radius 1 is 1.61 bits per heavy atom. The van der Waals surface area contributed by atoms with Crippen molar-refractivity contribution in [2.75, 3.05) is 5.88 Å². The number of β-lactam (4-membered cyclic amide) rings is 1. The molecule has 1 amide bonds. The Hall–Kier alpha value is -1.06. The lowest BCUT2D eigenvalue weighted by Crippen LogP contribution is -2.68. The zero-order valence-corrected chi connectivity index (χ0v) is 11.1. The summed E-state index contributed by atoms with van der Waals surface area (Å²) in [4.78, 5) is 13.6. The fourth-order valence-corrected chi connectivity index (χ4v) is 3.62. The smallest absolute Gasteiger partial charge is 0.278 e. The number of alkyl halides is 1. The van der Waals surface area contributed by atoms with Crippen LogP contribution in [0.4, 0.5) is 0 Å². The monoisotopic (exact) mass is 284 g/mol. The van der Waals surface area contributed by atoms with Crippen molar-refractivity contribution in [2.24, 2.45) is 5.73 Å². The second-order valence-corrected chi connectivity index (χ2v) is 5.42. The quantitative estimate of drug-likeness (QED) is 0.403. The molecule has 1 saturated heterocycles. The Labute approximate surface area is 113 Å². The predicted octanol–water partition coefficient (Wildman–Crippen LogP) is -1.52. The molecule has 94 valence electrons. The number of hydrogen-bond acceptors (Lipinski definition) is 6. The fourth-order valence-electron chi connectivity index (χ4n) is 2.14. The van der Waals surface area contributed by atoms with Crippen LogP contribution in [0.25, 0.3) is 0 Å². The van der Waals surface area contributed by atoms with E-state index in [1.165, 1.54) is 16.5 Å². The second-order valence-electron chi connectivity index (χ2n) is 4.16. The van der Waals surface area contributed by atoms with Gasteiger partial charge in [0.25, 0.3) is 7.98 Å². The van der Waals surface area contributed by atoms with E-state index < -0.39 is 6.04 Å². The number of thioether (sulfide) groups is 1. The highest BCUT2D eigenvalue weighted by Crippen LogP contribution is 2.45. The summed E-state index contributed by atoms with van der Waals surface area (Å²) in [5, 5.41) is 13.8. The topological polar surface area (TPSA) is 89.9 Å². The molecule has 0 spiro atoms. The number of carbonyl (C=O) groups is 1. The van der Waals surface area contributed by atoms with Gasteiger partial charge in [0.15, 0.2) is 5.82 Å². The maximum atomic E-state index is 11.9. The average molecular weight is 285 g/mol. The zero-order valence-electron chi connectivity index (χ0n) is 9.52. The Kier molecular flexibility index (Phi) is 2.83. The minimum Gasteiger partial charge on any atom is -0.317 e. The lowest BCUT2D eigenvalue weighted by Gasteiger charge is -2.50. The van der Waals surface area contributed by atoms with E-state index >= 15 is 0 Å². The molecule has 0 unspecified atom stereocenters. The first-order valence-corrected chi connectivity index (χ1v) is 6.83. The van der Waals surface area contributed by atoms with Crippen molar-refractivity contribution in [1.82, 2.24) is 25.0 Å². The number of halogens is 1. The third kappa shape index (κ3) is 1.58. The molecule has 0 saturated carbocycles. The molecule has 2 N–H and O–H groups in total. The van der Waals surface area contributed by atoms with Gasteiger partial charge in [-0.05, 0) is 11.0 Å². The summed E-state index contributed by atoms with van der Waals surface area (Å²) in [6.45, 7) is 0. The minimum absolute atomic E-state index is 0.0572. The predicted molar refractivity (Wildman–Crippen MR) is 69.5 cm³/mol. The molecule has 1 aromatic rings. The first-order valence-electron chi connectivity index (χ1n) is 5.35. The van der Waals surface area contributed by atoms with E-state index in [0.29, 0.717) is 11.7 Å². The summed E-state index contributed by atoms with van der Waals surface area (Å²) in [6, 6.07) is -0.794. The van der Waals surface area contributed by atoms with Crippen molar-refractivity contribution < 1.29 is 4.79 Å². The van der Waals surface area contributed by atoms with Gasteiger partial charge < -0.3 is 10.6 Å². The molecule has 0 aliphatic carbocycles. The summed E-state index contributed by atoms with van der Waals surface area (Å²) < 4.78 is 1.36. The normalized spacial score (nSPS) is 30.8. The number of hydrogen-bond donors (Lipinski definition) is 1. The van der Waals surface area contributed by atoms with Crippen molar-refractivity contribution in [2.45, 2.75) is 17.5 Å². The van der Waals surface area contributed by atoms with Crippen molar-refractivity contribution in [3.63, 3.8) is 0 Å². The number of nitrogens with two attached hydrogens (primary N) is 1. The van der Waals surface area contributed by atoms with Gasteiger partial charge in [-0.25, -0.2) is 4.71 Å². The van der Waals surface area contributed by atoms with Crippen LogP contribution in [0.1, 0.15) is 11.9 Å². The molecule has 0 bridgehead atoms. The van der Waals surface area contributed by atoms with Crippen LogP contribution >= 0.6 is 23.4 Å². The average Bonchev–Trinajstić information content (AvgIpc) is 2.82. The van der Waals surface area contributed by atoms with Crippen molar-refractivity contribution in [3.05, 3.63) is 16.8 Å². The summed E-state index contributed by atoms with van der Waals surface area (Å²) in [7, 11) is 1.68. The van der Waals surface area contributed by atoms with Crippen LogP contribution in [0.15, 0.2) is 11.0 Å². The Morgan fingerprint density at radius 3 is 3.00 bits per heavy atom. The molecule has 2 aliphatic rings. The number of fused-ring (bicyclic) bond motifs is 1. The van der Waals surface area contributed by atoms with Crippen LogP contribution in [0.5, 0.6) is 0 Å². The summed E-state index contributed by atoms with van der Waals surface area (Å²) in [5.74, 6) is 0.706. The first-order chi connectivity index (χ1) is 8.63. The van der Waals surface area contributed by atoms with E-state index in [9.17, 15) is 4.79 Å². The van der Waals surface area contributed by atoms with Gasteiger partial charge in [0, 0.05) is 5.88 Å². The van der Waals surface area contributed by atoms with Crippen molar-refractivity contribution in [1.29, 1.82) is 0 Å². The molecule has 2 aliphatic heterocycles. The summed E-state index contributed by atoms with van der Waals surface area (Å²) >= 11 is 7.43. The molecule has 1 fully saturated rings. The number of nitrogens with zero attached hydrogens (tertiary/aromatic N) is 5. The van der Waals surface area contributed by atoms with Gasteiger partial charge >= 0.3 is 0 Å². The molecule has 7 nitrogen and oxygen atoms in total. The minimum atomic E-state index is -0.456. The molecule has 18 heavy (non-hydrogen) atoms. The van der Waals surface area contributed by atoms with E-state index in [-0.39, 0.29) is 17.3 Å². The zero-order chi connectivity index (χ0) is 12.9. The second kappa shape index (κ2) is 4.25. The maximum absolute atomic E-state index is 11.9. The number of carbonyl (C=O) groups excluding carboxylic acids is 1. The van der Waals surface area contributed by atoms with Crippen LogP contribution in [0.2, 0.25) is 0 Å². The molecular formula is C8H10BClN6OS. The van der Waals surface area contributed by atoms with Gasteiger partial charge in [0.2, 0.25) is 5.91 Å². The molecule has 0 aromatic carbocycles. The number of tetrazole rings is 1. The fraction of sp³-hybridized carbons (Fsp3) is 0.500.